The van der Waals surface area contributed by atoms with E-state index in [1.165, 1.54) is 0 Å². The molecule has 0 saturated heterocycles. The summed E-state index contributed by atoms with van der Waals surface area (Å²) >= 11 is 0. The second-order valence-corrected chi connectivity index (χ2v) is 4.11. The van der Waals surface area contributed by atoms with Crippen LogP contribution in [-0.2, 0) is 6.42 Å². The predicted molar refractivity (Wildman–Crippen MR) is 74.7 cm³/mol. The van der Waals surface area contributed by atoms with Gasteiger partial charge in [0.2, 0.25) is 0 Å². The Bertz CT molecular complexity index is 640. The number of hydrogen-bond donors (Lipinski definition) is 0. The summed E-state index contributed by atoms with van der Waals surface area (Å²) in [5, 5.41) is 18.2. The molecule has 0 bridgehead atoms. The first-order valence-corrected chi connectivity index (χ1v) is 5.98. The minimum atomic E-state index is 0.176. The molecule has 0 heterocycles. The van der Waals surface area contributed by atoms with E-state index in [2.05, 4.69) is 0 Å². The zero-order chi connectivity index (χ0) is 13.5. The number of hydrogen-bond acceptors (Lipinski definition) is 2. The molecule has 2 heteroatoms. The average molecular weight is 244 g/mol. The third kappa shape index (κ3) is 3.09. The lowest BCUT2D eigenvalue weighted by Gasteiger charge is -2.08. The van der Waals surface area contributed by atoms with Crippen LogP contribution in [-0.4, -0.2) is 0 Å². The van der Waals surface area contributed by atoms with Gasteiger partial charge in [0, 0.05) is 6.42 Å². The molecule has 0 saturated carbocycles. The highest BCUT2D eigenvalue weighted by Crippen LogP contribution is 2.23. The van der Waals surface area contributed by atoms with Gasteiger partial charge in [-0.05, 0) is 16.7 Å². The van der Waals surface area contributed by atoms with Gasteiger partial charge >= 0.3 is 0 Å². The van der Waals surface area contributed by atoms with E-state index < -0.39 is 0 Å². The Morgan fingerprint density at radius 1 is 0.789 bits per heavy atom. The maximum atomic E-state index is 9.11. The molecule has 0 N–H and O–H groups in total. The number of rotatable bonds is 3. The average Bonchev–Trinajstić information content (AvgIpc) is 2.49. The van der Waals surface area contributed by atoms with Crippen LogP contribution in [0.3, 0.4) is 0 Å². The number of nitriles is 2. The van der Waals surface area contributed by atoms with E-state index in [-0.39, 0.29) is 5.57 Å². The van der Waals surface area contributed by atoms with E-state index in [1.807, 2.05) is 72.8 Å². The molecule has 2 aromatic rings. The standard InChI is InChI=1S/C17H12N2/c18-12-16(13-19)17(15-9-5-2-6-10-15)11-14-7-3-1-4-8-14/h1-10H,11H2. The fraction of sp³-hybridized carbons (Fsp3) is 0.0588. The Hall–Kier alpha value is -2.84. The summed E-state index contributed by atoms with van der Waals surface area (Å²) < 4.78 is 0. The van der Waals surface area contributed by atoms with E-state index in [9.17, 15) is 0 Å². The minimum absolute atomic E-state index is 0.176. The Balaban J connectivity index is 2.47. The molecule has 2 aromatic carbocycles. The van der Waals surface area contributed by atoms with Gasteiger partial charge in [0.05, 0.1) is 0 Å². The summed E-state index contributed by atoms with van der Waals surface area (Å²) in [5.41, 5.74) is 2.96. The van der Waals surface area contributed by atoms with E-state index in [0.29, 0.717) is 6.42 Å². The smallest absolute Gasteiger partial charge is 0.133 e. The molecule has 0 spiro atoms. The van der Waals surface area contributed by atoms with Crippen molar-refractivity contribution >= 4 is 5.57 Å². The van der Waals surface area contributed by atoms with Gasteiger partial charge < -0.3 is 0 Å². The maximum absolute atomic E-state index is 9.11. The van der Waals surface area contributed by atoms with Gasteiger partial charge in [0.1, 0.15) is 17.7 Å². The molecule has 0 aromatic heterocycles. The SMILES string of the molecule is N#CC(C#N)=C(Cc1ccccc1)c1ccccc1. The predicted octanol–water partition coefficient (Wildman–Crippen LogP) is 3.73. The summed E-state index contributed by atoms with van der Waals surface area (Å²) in [5.74, 6) is 0. The highest BCUT2D eigenvalue weighted by molar-refractivity contribution is 5.76. The van der Waals surface area contributed by atoms with Crippen LogP contribution in [0.4, 0.5) is 0 Å². The quantitative estimate of drug-likeness (QED) is 0.772. The van der Waals surface area contributed by atoms with Crippen molar-refractivity contribution in [3.05, 3.63) is 77.4 Å². The van der Waals surface area contributed by atoms with E-state index in [1.54, 1.807) is 0 Å². The lowest BCUT2D eigenvalue weighted by atomic mass is 9.94. The first-order chi connectivity index (χ1) is 9.35. The van der Waals surface area contributed by atoms with Gasteiger partial charge in [-0.15, -0.1) is 0 Å². The van der Waals surface area contributed by atoms with Gasteiger partial charge in [-0.2, -0.15) is 10.5 Å². The third-order valence-electron chi connectivity index (χ3n) is 2.87. The van der Waals surface area contributed by atoms with Gasteiger partial charge in [0.25, 0.3) is 0 Å². The molecule has 2 nitrogen and oxygen atoms in total. The molecule has 0 radical (unpaired) electrons. The monoisotopic (exact) mass is 244 g/mol. The van der Waals surface area contributed by atoms with Crippen LogP contribution < -0.4 is 0 Å². The van der Waals surface area contributed by atoms with E-state index in [4.69, 9.17) is 10.5 Å². The third-order valence-corrected chi connectivity index (χ3v) is 2.87. The first kappa shape index (κ1) is 12.6. The molecule has 0 aliphatic carbocycles. The molecular formula is C17H12N2. The van der Waals surface area contributed by atoms with Crippen molar-refractivity contribution < 1.29 is 0 Å². The fourth-order valence-electron chi connectivity index (χ4n) is 1.93. The van der Waals surface area contributed by atoms with Crippen LogP contribution in [0.1, 0.15) is 11.1 Å². The molecule has 19 heavy (non-hydrogen) atoms. The topological polar surface area (TPSA) is 47.6 Å². The Kier molecular flexibility index (Phi) is 4.11. The summed E-state index contributed by atoms with van der Waals surface area (Å²) in [7, 11) is 0. The molecular weight excluding hydrogens is 232 g/mol. The number of nitrogens with zero attached hydrogens (tertiary/aromatic N) is 2. The van der Waals surface area contributed by atoms with Gasteiger partial charge in [0.15, 0.2) is 0 Å². The normalized spacial score (nSPS) is 9.16. The van der Waals surface area contributed by atoms with Crippen LogP contribution in [0.2, 0.25) is 0 Å². The van der Waals surface area contributed by atoms with Crippen molar-refractivity contribution in [1.82, 2.24) is 0 Å². The Labute approximate surface area is 112 Å². The summed E-state index contributed by atoms with van der Waals surface area (Å²) in [6.45, 7) is 0. The van der Waals surface area contributed by atoms with Crippen molar-refractivity contribution in [3.63, 3.8) is 0 Å². The van der Waals surface area contributed by atoms with Crippen molar-refractivity contribution in [2.24, 2.45) is 0 Å². The number of allylic oxidation sites excluding steroid dienone is 2. The molecule has 90 valence electrons. The highest BCUT2D eigenvalue weighted by atomic mass is 14.3. The van der Waals surface area contributed by atoms with Crippen molar-refractivity contribution in [2.75, 3.05) is 0 Å². The first-order valence-electron chi connectivity index (χ1n) is 5.98. The summed E-state index contributed by atoms with van der Waals surface area (Å²) in [6.07, 6.45) is 0.585. The van der Waals surface area contributed by atoms with Gasteiger partial charge in [-0.25, -0.2) is 0 Å². The molecule has 0 fully saturated rings. The van der Waals surface area contributed by atoms with Crippen LogP contribution in [0.5, 0.6) is 0 Å². The van der Waals surface area contributed by atoms with E-state index >= 15 is 0 Å². The highest BCUT2D eigenvalue weighted by Gasteiger charge is 2.09. The molecule has 2 rings (SSSR count). The fourth-order valence-corrected chi connectivity index (χ4v) is 1.93. The lowest BCUT2D eigenvalue weighted by molar-refractivity contribution is 1.27. The largest absolute Gasteiger partial charge is 0.192 e. The Morgan fingerprint density at radius 2 is 1.32 bits per heavy atom. The molecule has 0 amide bonds. The van der Waals surface area contributed by atoms with Crippen LogP contribution >= 0.6 is 0 Å². The summed E-state index contributed by atoms with van der Waals surface area (Å²) in [4.78, 5) is 0. The molecule has 0 atom stereocenters. The number of benzene rings is 2. The minimum Gasteiger partial charge on any atom is -0.192 e. The second kappa shape index (κ2) is 6.19. The zero-order valence-electron chi connectivity index (χ0n) is 10.4. The van der Waals surface area contributed by atoms with E-state index in [0.717, 1.165) is 16.7 Å². The van der Waals surface area contributed by atoms with Crippen molar-refractivity contribution in [3.8, 4) is 12.1 Å². The Morgan fingerprint density at radius 3 is 1.84 bits per heavy atom. The summed E-state index contributed by atoms with van der Waals surface area (Å²) in [6, 6.07) is 23.4. The van der Waals surface area contributed by atoms with Gasteiger partial charge in [-0.3, -0.25) is 0 Å². The zero-order valence-corrected chi connectivity index (χ0v) is 10.4. The van der Waals surface area contributed by atoms with Crippen molar-refractivity contribution in [2.45, 2.75) is 6.42 Å². The second-order valence-electron chi connectivity index (χ2n) is 4.11. The molecule has 0 unspecified atom stereocenters. The lowest BCUT2D eigenvalue weighted by Crippen LogP contribution is -1.94. The van der Waals surface area contributed by atoms with Crippen molar-refractivity contribution in [1.29, 1.82) is 10.5 Å². The van der Waals surface area contributed by atoms with Gasteiger partial charge in [-0.1, -0.05) is 60.7 Å². The van der Waals surface area contributed by atoms with Crippen LogP contribution in [0.25, 0.3) is 5.57 Å². The maximum Gasteiger partial charge on any atom is 0.133 e. The molecule has 0 aliphatic heterocycles. The van der Waals surface area contributed by atoms with Crippen LogP contribution in [0.15, 0.2) is 66.2 Å². The van der Waals surface area contributed by atoms with Crippen LogP contribution in [0, 0.1) is 22.7 Å². The molecule has 0 aliphatic rings.